The van der Waals surface area contributed by atoms with Crippen molar-refractivity contribution in [3.8, 4) is 5.75 Å². The van der Waals surface area contributed by atoms with Crippen LogP contribution in [-0.2, 0) is 10.3 Å². The van der Waals surface area contributed by atoms with E-state index in [-0.39, 0.29) is 47.7 Å². The molecule has 3 heterocycles. The first-order chi connectivity index (χ1) is 18.5. The van der Waals surface area contributed by atoms with E-state index in [1.807, 2.05) is 6.07 Å². The molecule has 1 atom stereocenters. The zero-order valence-electron chi connectivity index (χ0n) is 20.3. The van der Waals surface area contributed by atoms with E-state index < -0.39 is 36.6 Å². The van der Waals surface area contributed by atoms with Gasteiger partial charge in [0.1, 0.15) is 5.75 Å². The van der Waals surface area contributed by atoms with Crippen LogP contribution in [0.3, 0.4) is 0 Å². The molecule has 7 nitrogen and oxygen atoms in total. The average molecular weight is 572 g/mol. The van der Waals surface area contributed by atoms with E-state index in [0.29, 0.717) is 10.8 Å². The maximum atomic E-state index is 14.8. The number of benzene rings is 1. The summed E-state index contributed by atoms with van der Waals surface area (Å²) < 4.78 is 86.8. The van der Waals surface area contributed by atoms with Crippen LogP contribution >= 0.6 is 11.3 Å². The average Bonchev–Trinajstić information content (AvgIpc) is 3.35. The van der Waals surface area contributed by atoms with Crippen molar-refractivity contribution in [1.82, 2.24) is 25.9 Å². The van der Waals surface area contributed by atoms with Crippen LogP contribution in [0.2, 0.25) is 0 Å². The first-order valence-corrected chi connectivity index (χ1v) is 13.1. The van der Waals surface area contributed by atoms with Gasteiger partial charge in [0.15, 0.2) is 11.4 Å². The molecule has 1 aliphatic heterocycles. The van der Waals surface area contributed by atoms with Crippen LogP contribution in [0.25, 0.3) is 11.1 Å². The topological polar surface area (TPSA) is 92.8 Å². The van der Waals surface area contributed by atoms with Crippen LogP contribution in [0.15, 0.2) is 36.4 Å². The van der Waals surface area contributed by atoms with Crippen molar-refractivity contribution in [3.63, 3.8) is 0 Å². The number of unbranched alkanes of at least 4 members (excludes halogenated alkanes) is 1. The summed E-state index contributed by atoms with van der Waals surface area (Å²) in [6.07, 6.45) is -8.61. The largest absolute Gasteiger partial charge is 0.494 e. The molecule has 1 fully saturated rings. The number of carbonyl (C=O) groups is 1. The molecule has 2 aromatic heterocycles. The van der Waals surface area contributed by atoms with Gasteiger partial charge in [0, 0.05) is 22.6 Å². The van der Waals surface area contributed by atoms with Crippen molar-refractivity contribution >= 4 is 28.4 Å². The minimum atomic E-state index is -4.88. The highest BCUT2D eigenvalue weighted by molar-refractivity contribution is 7.13. The molecule has 2 aliphatic rings. The second-order valence-electron chi connectivity index (χ2n) is 9.56. The Morgan fingerprint density at radius 1 is 1.03 bits per heavy atom. The number of rotatable bonds is 9. The number of hydrogen-bond donors (Lipinski definition) is 2. The van der Waals surface area contributed by atoms with E-state index in [1.54, 1.807) is 6.07 Å². The smallest absolute Gasteiger partial charge is 0.416 e. The molecule has 1 amide bonds. The van der Waals surface area contributed by atoms with E-state index >= 15 is 0 Å². The summed E-state index contributed by atoms with van der Waals surface area (Å²) in [6, 6.07) is 8.65. The zero-order chi connectivity index (χ0) is 27.8. The summed E-state index contributed by atoms with van der Waals surface area (Å²) in [6.45, 7) is -0.0141. The van der Waals surface area contributed by atoms with E-state index in [1.165, 1.54) is 35.6 Å². The number of carbonyl (C=O) groups excluding carboxylic acids is 1. The fourth-order valence-electron chi connectivity index (χ4n) is 4.58. The van der Waals surface area contributed by atoms with Gasteiger partial charge in [-0.25, -0.2) is 5.10 Å². The molecule has 1 aromatic carbocycles. The van der Waals surface area contributed by atoms with Gasteiger partial charge < -0.3 is 10.1 Å². The number of nitrogens with zero attached hydrogens (tertiary/aromatic N) is 3. The summed E-state index contributed by atoms with van der Waals surface area (Å²) in [5.41, 5.74) is -2.83. The van der Waals surface area contributed by atoms with Gasteiger partial charge in [0.25, 0.3) is 5.91 Å². The second kappa shape index (κ2) is 10.3. The van der Waals surface area contributed by atoms with E-state index in [2.05, 4.69) is 25.9 Å². The molecule has 0 bridgehead atoms. The molecule has 0 unspecified atom stereocenters. The highest BCUT2D eigenvalue weighted by Crippen LogP contribution is 2.52. The third-order valence-electron chi connectivity index (χ3n) is 6.74. The zero-order valence-corrected chi connectivity index (χ0v) is 21.1. The predicted octanol–water partition coefficient (Wildman–Crippen LogP) is 6.14. The van der Waals surface area contributed by atoms with Crippen LogP contribution in [0.1, 0.15) is 65.6 Å². The number of H-pyrrole nitrogens is 1. The molecule has 0 spiro atoms. The maximum Gasteiger partial charge on any atom is 0.416 e. The Bertz CT molecular complexity index is 1350. The van der Waals surface area contributed by atoms with E-state index in [0.717, 1.165) is 17.7 Å². The normalized spacial score (nSPS) is 20.3. The van der Waals surface area contributed by atoms with Crippen molar-refractivity contribution in [2.75, 3.05) is 6.61 Å². The molecule has 0 saturated heterocycles. The van der Waals surface area contributed by atoms with Crippen LogP contribution < -0.4 is 10.1 Å². The molecular weight excluding hydrogens is 548 g/mol. The number of thiophene rings is 1. The highest BCUT2D eigenvalue weighted by Gasteiger charge is 2.60. The summed E-state index contributed by atoms with van der Waals surface area (Å²) in [7, 11) is 0. The van der Waals surface area contributed by atoms with Gasteiger partial charge in [-0.15, -0.1) is 16.4 Å². The second-order valence-corrected chi connectivity index (χ2v) is 10.7. The Kier molecular flexibility index (Phi) is 7.16. The molecule has 1 aliphatic carbocycles. The first kappa shape index (κ1) is 27.2. The minimum Gasteiger partial charge on any atom is -0.494 e. The van der Waals surface area contributed by atoms with Gasteiger partial charge in [0.2, 0.25) is 0 Å². The van der Waals surface area contributed by atoms with Crippen LogP contribution in [0.4, 0.5) is 26.3 Å². The van der Waals surface area contributed by atoms with Gasteiger partial charge in [-0.2, -0.15) is 26.3 Å². The number of ether oxygens (including phenoxy) is 1. The van der Waals surface area contributed by atoms with Gasteiger partial charge >= 0.3 is 12.4 Å². The van der Waals surface area contributed by atoms with E-state index in [9.17, 15) is 31.1 Å². The molecule has 14 heteroatoms. The van der Waals surface area contributed by atoms with E-state index in [4.69, 9.17) is 4.74 Å². The molecule has 39 heavy (non-hydrogen) atoms. The van der Waals surface area contributed by atoms with Crippen molar-refractivity contribution in [1.29, 1.82) is 0 Å². The third kappa shape index (κ3) is 5.80. The maximum absolute atomic E-state index is 14.8. The van der Waals surface area contributed by atoms with Gasteiger partial charge in [-0.3, -0.25) is 4.79 Å². The van der Waals surface area contributed by atoms with Crippen LogP contribution in [0.5, 0.6) is 5.75 Å². The fraction of sp³-hybridized carbons (Fsp3) is 0.440. The Morgan fingerprint density at radius 2 is 1.77 bits per heavy atom. The molecule has 5 rings (SSSR count). The molecule has 2 N–H and O–H groups in total. The summed E-state index contributed by atoms with van der Waals surface area (Å²) in [5, 5.41) is 15.4. The number of alkyl halides is 6. The molecule has 3 aromatic rings. The number of hydrogen-bond acceptors (Lipinski definition) is 6. The number of amides is 1. The molecule has 1 saturated carbocycles. The Balaban J connectivity index is 1.44. The Morgan fingerprint density at radius 3 is 2.38 bits per heavy atom. The van der Waals surface area contributed by atoms with Gasteiger partial charge in [0.05, 0.1) is 12.2 Å². The van der Waals surface area contributed by atoms with Crippen molar-refractivity contribution in [2.45, 2.75) is 62.3 Å². The number of halogens is 6. The van der Waals surface area contributed by atoms with Gasteiger partial charge in [-0.05, 0) is 77.4 Å². The number of aromatic nitrogens is 4. The summed E-state index contributed by atoms with van der Waals surface area (Å²) in [5.74, 6) is -0.417. The Hall–Kier alpha value is -3.42. The van der Waals surface area contributed by atoms with Crippen LogP contribution in [0, 0.1) is 0 Å². The lowest BCUT2D eigenvalue weighted by molar-refractivity contribution is -0.201. The first-order valence-electron chi connectivity index (χ1n) is 12.2. The van der Waals surface area contributed by atoms with Crippen molar-refractivity contribution in [3.05, 3.63) is 57.5 Å². The summed E-state index contributed by atoms with van der Waals surface area (Å²) >= 11 is 1.36. The SMILES string of the molecule is O=C1N[C@@](c2ccc(OCCCCC(F)(F)F)cc2)(C(F)(F)F)CC(c2ccc(C3CC3)s2)=C1c1nnn[nH]1. The fourth-order valence-corrected chi connectivity index (χ4v) is 5.81. The predicted molar refractivity (Wildman–Crippen MR) is 130 cm³/mol. The molecule has 0 radical (unpaired) electrons. The molecular formula is C25H23F6N5O2S. The molecule has 208 valence electrons. The van der Waals surface area contributed by atoms with Crippen molar-refractivity contribution < 1.29 is 35.9 Å². The lowest BCUT2D eigenvalue weighted by atomic mass is 9.78. The van der Waals surface area contributed by atoms with Crippen molar-refractivity contribution in [2.24, 2.45) is 0 Å². The number of nitrogens with one attached hydrogen (secondary N) is 2. The number of aromatic amines is 1. The monoisotopic (exact) mass is 571 g/mol. The quantitative estimate of drug-likeness (QED) is 0.238. The standard InChI is InChI=1S/C25H23F6N5O2S/c26-24(27,28)11-1-2-12-38-16-7-5-15(6-8-16)23(25(29,30)31)13-17(19-10-9-18(39-19)14-3-4-14)20(22(37)32-23)21-33-35-36-34-21/h5-10,14H,1-4,11-13H2,(H,32,37)(H,33,34,35,36)/t23-/m0/s1. The van der Waals surface area contributed by atoms with Gasteiger partial charge in [-0.1, -0.05) is 12.1 Å². The third-order valence-corrected chi connectivity index (χ3v) is 8.05. The lowest BCUT2D eigenvalue weighted by Crippen LogP contribution is -2.58. The van der Waals surface area contributed by atoms with Crippen LogP contribution in [-0.4, -0.2) is 45.5 Å². The Labute approximate surface area is 222 Å². The minimum absolute atomic E-state index is 0.0141. The lowest BCUT2D eigenvalue weighted by Gasteiger charge is -2.41. The number of tetrazole rings is 1. The summed E-state index contributed by atoms with van der Waals surface area (Å²) in [4.78, 5) is 14.9. The highest BCUT2D eigenvalue weighted by atomic mass is 32.1.